The van der Waals surface area contributed by atoms with Crippen LogP contribution >= 0.6 is 7.80 Å². The largest absolute Gasteiger partial charge is 0.508 e. The van der Waals surface area contributed by atoms with Crippen molar-refractivity contribution in [3.05, 3.63) is 54.1 Å². The normalized spacial score (nSPS) is 12.3. The lowest BCUT2D eigenvalue weighted by atomic mass is 9.87. The third-order valence-electron chi connectivity index (χ3n) is 3.02. The van der Waals surface area contributed by atoms with E-state index in [4.69, 9.17) is 0 Å². The SMILES string of the molecule is CC(C)(C)c1ccccc1[P+](=O)c1ccc(O)cc1. The highest BCUT2D eigenvalue weighted by atomic mass is 31.1. The Kier molecular flexibility index (Phi) is 3.73. The van der Waals surface area contributed by atoms with Crippen LogP contribution in [0.25, 0.3) is 0 Å². The molecular formula is C16H18O2P+. The monoisotopic (exact) mass is 273 g/mol. The van der Waals surface area contributed by atoms with Gasteiger partial charge in [0.05, 0.1) is 0 Å². The predicted molar refractivity (Wildman–Crippen MR) is 80.1 cm³/mol. The molecule has 0 fully saturated rings. The first-order valence-corrected chi connectivity index (χ1v) is 7.51. The zero-order chi connectivity index (χ0) is 14.0. The molecule has 2 nitrogen and oxygen atoms in total. The van der Waals surface area contributed by atoms with Crippen LogP contribution in [0.1, 0.15) is 26.3 Å². The fourth-order valence-corrected chi connectivity index (χ4v) is 3.56. The summed E-state index contributed by atoms with van der Waals surface area (Å²) in [5.41, 5.74) is 1.06. The van der Waals surface area contributed by atoms with Gasteiger partial charge in [-0.2, -0.15) is 0 Å². The fraction of sp³-hybridized carbons (Fsp3) is 0.250. The number of hydrogen-bond acceptors (Lipinski definition) is 2. The predicted octanol–water partition coefficient (Wildman–Crippen LogP) is 3.47. The Morgan fingerprint density at radius 2 is 1.53 bits per heavy atom. The highest BCUT2D eigenvalue weighted by Crippen LogP contribution is 2.29. The van der Waals surface area contributed by atoms with Crippen LogP contribution < -0.4 is 10.6 Å². The molecule has 0 radical (unpaired) electrons. The topological polar surface area (TPSA) is 37.3 Å². The van der Waals surface area contributed by atoms with E-state index in [2.05, 4.69) is 20.8 Å². The standard InChI is InChI=1S/C16H17O2P/c1-16(2,3)14-6-4-5-7-15(14)19(18)13-10-8-12(17)9-11-13/h4-11H,1-3H3/p+1. The zero-order valence-electron chi connectivity index (χ0n) is 11.4. The molecular weight excluding hydrogens is 255 g/mol. The average Bonchev–Trinajstić information content (AvgIpc) is 2.38. The summed E-state index contributed by atoms with van der Waals surface area (Å²) < 4.78 is 12.7. The molecule has 0 amide bonds. The van der Waals surface area contributed by atoms with Crippen molar-refractivity contribution in [2.45, 2.75) is 26.2 Å². The van der Waals surface area contributed by atoms with Crippen LogP contribution in [0, 0.1) is 0 Å². The van der Waals surface area contributed by atoms with E-state index in [1.807, 2.05) is 24.3 Å². The number of rotatable bonds is 2. The van der Waals surface area contributed by atoms with E-state index in [9.17, 15) is 9.67 Å². The van der Waals surface area contributed by atoms with Crippen molar-refractivity contribution in [1.82, 2.24) is 0 Å². The van der Waals surface area contributed by atoms with Crippen molar-refractivity contribution in [3.63, 3.8) is 0 Å². The Morgan fingerprint density at radius 3 is 2.11 bits per heavy atom. The molecule has 1 atom stereocenters. The Labute approximate surface area is 114 Å². The average molecular weight is 273 g/mol. The second-order valence-electron chi connectivity index (χ2n) is 5.58. The number of aromatic hydroxyl groups is 1. The summed E-state index contributed by atoms with van der Waals surface area (Å²) in [6.07, 6.45) is 0. The molecule has 0 bridgehead atoms. The molecule has 0 saturated carbocycles. The van der Waals surface area contributed by atoms with Gasteiger partial charge in [-0.3, -0.25) is 0 Å². The fourth-order valence-electron chi connectivity index (χ4n) is 2.01. The van der Waals surface area contributed by atoms with E-state index in [1.165, 1.54) is 0 Å². The lowest BCUT2D eigenvalue weighted by Gasteiger charge is -2.18. The van der Waals surface area contributed by atoms with Gasteiger partial charge in [-0.1, -0.05) is 43.5 Å². The molecule has 3 heteroatoms. The van der Waals surface area contributed by atoms with Crippen LogP contribution in [0.2, 0.25) is 0 Å². The van der Waals surface area contributed by atoms with Crippen molar-refractivity contribution in [2.75, 3.05) is 0 Å². The van der Waals surface area contributed by atoms with E-state index in [0.29, 0.717) is 0 Å². The maximum absolute atomic E-state index is 12.7. The minimum atomic E-state index is -1.63. The quantitative estimate of drug-likeness (QED) is 0.851. The van der Waals surface area contributed by atoms with Gasteiger partial charge in [-0.25, -0.2) is 0 Å². The van der Waals surface area contributed by atoms with Gasteiger partial charge in [0.15, 0.2) is 10.6 Å². The lowest BCUT2D eigenvalue weighted by molar-refractivity contribution is 0.475. The summed E-state index contributed by atoms with van der Waals surface area (Å²) in [7, 11) is -1.63. The minimum Gasteiger partial charge on any atom is -0.508 e. The molecule has 19 heavy (non-hydrogen) atoms. The zero-order valence-corrected chi connectivity index (χ0v) is 12.3. The molecule has 2 rings (SSSR count). The maximum Gasteiger partial charge on any atom is 0.415 e. The Morgan fingerprint density at radius 1 is 0.947 bits per heavy atom. The molecule has 1 unspecified atom stereocenters. The van der Waals surface area contributed by atoms with E-state index in [0.717, 1.165) is 16.2 Å². The number of phenolic OH excluding ortho intramolecular Hbond substituents is 1. The first-order valence-electron chi connectivity index (χ1n) is 6.25. The second-order valence-corrected chi connectivity index (χ2v) is 7.16. The van der Waals surface area contributed by atoms with Gasteiger partial charge in [-0.15, -0.1) is 0 Å². The Hall–Kier alpha value is -1.66. The molecule has 0 spiro atoms. The maximum atomic E-state index is 12.7. The highest BCUT2D eigenvalue weighted by Gasteiger charge is 2.31. The molecule has 0 heterocycles. The van der Waals surface area contributed by atoms with Gasteiger partial charge in [0, 0.05) is 5.56 Å². The van der Waals surface area contributed by atoms with Gasteiger partial charge in [0.25, 0.3) is 0 Å². The summed E-state index contributed by atoms with van der Waals surface area (Å²) in [5.74, 6) is 0.191. The van der Waals surface area contributed by atoms with Crippen molar-refractivity contribution >= 4 is 18.4 Å². The van der Waals surface area contributed by atoms with E-state index < -0.39 is 7.80 Å². The number of hydrogen-bond donors (Lipinski definition) is 1. The summed E-state index contributed by atoms with van der Waals surface area (Å²) in [6.45, 7) is 6.35. The van der Waals surface area contributed by atoms with Gasteiger partial charge in [0.1, 0.15) is 5.75 Å². The Bertz CT molecular complexity index is 595. The summed E-state index contributed by atoms with van der Waals surface area (Å²) in [4.78, 5) is 0. The third-order valence-corrected chi connectivity index (χ3v) is 4.61. The first-order chi connectivity index (χ1) is 8.89. The molecule has 2 aromatic carbocycles. The summed E-state index contributed by atoms with van der Waals surface area (Å²) in [5, 5.41) is 10.9. The van der Waals surface area contributed by atoms with Crippen LogP contribution in [-0.4, -0.2) is 5.11 Å². The molecule has 98 valence electrons. The van der Waals surface area contributed by atoms with E-state index in [1.54, 1.807) is 24.3 Å². The summed E-state index contributed by atoms with van der Waals surface area (Å²) >= 11 is 0. The molecule has 0 aromatic heterocycles. The van der Waals surface area contributed by atoms with Gasteiger partial charge >= 0.3 is 7.80 Å². The first kappa shape index (κ1) is 13.8. The van der Waals surface area contributed by atoms with Crippen LogP contribution in [0.3, 0.4) is 0 Å². The van der Waals surface area contributed by atoms with E-state index >= 15 is 0 Å². The van der Waals surface area contributed by atoms with Crippen LogP contribution in [-0.2, 0) is 9.98 Å². The smallest absolute Gasteiger partial charge is 0.415 e. The van der Waals surface area contributed by atoms with Crippen LogP contribution in [0.15, 0.2) is 48.5 Å². The van der Waals surface area contributed by atoms with E-state index in [-0.39, 0.29) is 11.2 Å². The Balaban J connectivity index is 2.48. The second kappa shape index (κ2) is 5.14. The molecule has 1 N–H and O–H groups in total. The lowest BCUT2D eigenvalue weighted by Crippen LogP contribution is -2.22. The minimum absolute atomic E-state index is 0.0431. The molecule has 0 aliphatic heterocycles. The van der Waals surface area contributed by atoms with Crippen LogP contribution in [0.4, 0.5) is 0 Å². The molecule has 2 aromatic rings. The van der Waals surface area contributed by atoms with Crippen molar-refractivity contribution in [2.24, 2.45) is 0 Å². The molecule has 0 aliphatic rings. The molecule has 0 saturated heterocycles. The number of benzene rings is 2. The van der Waals surface area contributed by atoms with Crippen molar-refractivity contribution in [3.8, 4) is 5.75 Å². The third kappa shape index (κ3) is 3.02. The number of phenols is 1. The summed E-state index contributed by atoms with van der Waals surface area (Å²) in [6, 6.07) is 14.4. The van der Waals surface area contributed by atoms with Crippen molar-refractivity contribution < 1.29 is 9.67 Å². The van der Waals surface area contributed by atoms with Gasteiger partial charge in [-0.05, 0) is 35.7 Å². The van der Waals surface area contributed by atoms with Crippen LogP contribution in [0.5, 0.6) is 5.75 Å². The molecule has 0 aliphatic carbocycles. The van der Waals surface area contributed by atoms with Gasteiger partial charge in [0.2, 0.25) is 0 Å². The van der Waals surface area contributed by atoms with Gasteiger partial charge < -0.3 is 5.11 Å². The highest BCUT2D eigenvalue weighted by molar-refractivity contribution is 7.61. The van der Waals surface area contributed by atoms with Crippen molar-refractivity contribution in [1.29, 1.82) is 0 Å².